The number of nitrogens with one attached hydrogen (secondary N) is 1. The summed E-state index contributed by atoms with van der Waals surface area (Å²) in [6.07, 6.45) is 2.84. The van der Waals surface area contributed by atoms with E-state index in [-0.39, 0.29) is 0 Å². The summed E-state index contributed by atoms with van der Waals surface area (Å²) >= 11 is 7.47. The molecular formula is C17H19ClN4OS. The van der Waals surface area contributed by atoms with Crippen molar-refractivity contribution in [3.05, 3.63) is 59.3 Å². The molecule has 0 aliphatic heterocycles. The van der Waals surface area contributed by atoms with Crippen LogP contribution in [0.25, 0.3) is 0 Å². The zero-order valence-electron chi connectivity index (χ0n) is 13.4. The van der Waals surface area contributed by atoms with E-state index in [2.05, 4.69) is 27.0 Å². The van der Waals surface area contributed by atoms with E-state index in [0.717, 1.165) is 39.6 Å². The van der Waals surface area contributed by atoms with Crippen LogP contribution in [0.1, 0.15) is 24.9 Å². The van der Waals surface area contributed by atoms with Crippen molar-refractivity contribution < 1.29 is 4.42 Å². The Morgan fingerprint density at radius 2 is 2.00 bits per heavy atom. The number of furan rings is 1. The smallest absolute Gasteiger partial charge is 0.165 e. The molecule has 0 spiro atoms. The van der Waals surface area contributed by atoms with Gasteiger partial charge in [0.15, 0.2) is 5.09 Å². The first-order valence-electron chi connectivity index (χ1n) is 7.84. The summed E-state index contributed by atoms with van der Waals surface area (Å²) in [4.78, 5) is 1.10. The number of hydrogen-bond donors (Lipinski definition) is 1. The van der Waals surface area contributed by atoms with E-state index in [1.165, 1.54) is 0 Å². The predicted molar refractivity (Wildman–Crippen MR) is 95.1 cm³/mol. The maximum Gasteiger partial charge on any atom is 0.165 e. The highest BCUT2D eigenvalue weighted by Crippen LogP contribution is 2.29. The fourth-order valence-electron chi connectivity index (χ4n) is 2.27. The number of aromatic nitrogens is 3. The average Bonchev–Trinajstić information content (AvgIpc) is 3.20. The summed E-state index contributed by atoms with van der Waals surface area (Å²) < 4.78 is 7.91. The summed E-state index contributed by atoms with van der Waals surface area (Å²) in [7, 11) is 0. The number of hydrogen-bond acceptors (Lipinski definition) is 5. The molecule has 0 amide bonds. The average molecular weight is 363 g/mol. The molecule has 2 heterocycles. The largest absolute Gasteiger partial charge is 0.453 e. The number of benzene rings is 1. The lowest BCUT2D eigenvalue weighted by molar-refractivity contribution is 0.414. The van der Waals surface area contributed by atoms with Gasteiger partial charge in [0, 0.05) is 16.5 Å². The van der Waals surface area contributed by atoms with Crippen molar-refractivity contribution in [3.63, 3.8) is 0 Å². The highest BCUT2D eigenvalue weighted by molar-refractivity contribution is 7.99. The minimum absolute atomic E-state index is 0.653. The second-order valence-electron chi connectivity index (χ2n) is 5.32. The van der Waals surface area contributed by atoms with Crippen molar-refractivity contribution in [2.24, 2.45) is 0 Å². The van der Waals surface area contributed by atoms with Crippen molar-refractivity contribution in [1.82, 2.24) is 20.1 Å². The molecule has 7 heteroatoms. The molecule has 0 bridgehead atoms. The molecule has 5 nitrogen and oxygen atoms in total. The molecule has 3 rings (SSSR count). The van der Waals surface area contributed by atoms with Crippen LogP contribution in [0.4, 0.5) is 0 Å². The van der Waals surface area contributed by atoms with Gasteiger partial charge in [0.25, 0.3) is 0 Å². The molecule has 24 heavy (non-hydrogen) atoms. The molecule has 0 radical (unpaired) electrons. The Labute approximate surface area is 150 Å². The zero-order valence-corrected chi connectivity index (χ0v) is 15.0. The molecule has 3 aromatic rings. The number of nitrogens with zero attached hydrogens (tertiary/aromatic N) is 3. The number of halogens is 1. The van der Waals surface area contributed by atoms with Gasteiger partial charge in [-0.2, -0.15) is 0 Å². The highest BCUT2D eigenvalue weighted by Gasteiger charge is 2.06. The molecule has 2 aromatic heterocycles. The lowest BCUT2D eigenvalue weighted by Crippen LogP contribution is -2.16. The minimum Gasteiger partial charge on any atom is -0.453 e. The Morgan fingerprint density at radius 3 is 2.79 bits per heavy atom. The summed E-state index contributed by atoms with van der Waals surface area (Å²) in [5, 5.41) is 13.0. The van der Waals surface area contributed by atoms with Crippen molar-refractivity contribution in [2.75, 3.05) is 0 Å². The first kappa shape index (κ1) is 17.1. The van der Waals surface area contributed by atoms with E-state index in [9.17, 15) is 0 Å². The van der Waals surface area contributed by atoms with E-state index in [0.29, 0.717) is 13.1 Å². The van der Waals surface area contributed by atoms with Crippen LogP contribution in [0, 0.1) is 0 Å². The van der Waals surface area contributed by atoms with E-state index in [4.69, 9.17) is 16.0 Å². The third-order valence-corrected chi connectivity index (χ3v) is 4.59. The van der Waals surface area contributed by atoms with Gasteiger partial charge in [-0.15, -0.1) is 10.2 Å². The van der Waals surface area contributed by atoms with E-state index in [1.807, 2.05) is 36.4 Å². The fourth-order valence-corrected chi connectivity index (χ4v) is 3.18. The van der Waals surface area contributed by atoms with Gasteiger partial charge in [0.2, 0.25) is 0 Å². The van der Waals surface area contributed by atoms with Crippen LogP contribution < -0.4 is 5.32 Å². The van der Waals surface area contributed by atoms with Crippen molar-refractivity contribution >= 4 is 23.4 Å². The van der Waals surface area contributed by atoms with Gasteiger partial charge in [-0.25, -0.2) is 0 Å². The van der Waals surface area contributed by atoms with E-state index >= 15 is 0 Å². The van der Waals surface area contributed by atoms with Gasteiger partial charge in [-0.3, -0.25) is 0 Å². The molecule has 1 N–H and O–H groups in total. The minimum atomic E-state index is 0.653. The lowest BCUT2D eigenvalue weighted by Gasteiger charge is -2.05. The second kappa shape index (κ2) is 8.37. The Bertz CT molecular complexity index is 769. The normalized spacial score (nSPS) is 11.1. The Balaban J connectivity index is 1.50. The quantitative estimate of drug-likeness (QED) is 0.644. The van der Waals surface area contributed by atoms with Gasteiger partial charge < -0.3 is 14.3 Å². The van der Waals surface area contributed by atoms with Crippen LogP contribution in [0.15, 0.2) is 57.1 Å². The van der Waals surface area contributed by atoms with Crippen LogP contribution in [0.3, 0.4) is 0 Å². The van der Waals surface area contributed by atoms with Gasteiger partial charge in [0.1, 0.15) is 17.9 Å². The van der Waals surface area contributed by atoms with Crippen LogP contribution in [-0.4, -0.2) is 14.8 Å². The molecule has 1 aromatic carbocycles. The SMILES string of the molecule is CCCn1cnnc1CNCc1ccc(Sc2ccc(Cl)cc2)o1. The fraction of sp³-hybridized carbons (Fsp3) is 0.294. The summed E-state index contributed by atoms with van der Waals surface area (Å²) in [5.74, 6) is 1.84. The lowest BCUT2D eigenvalue weighted by atomic mass is 10.4. The molecule has 0 saturated heterocycles. The first-order valence-corrected chi connectivity index (χ1v) is 9.03. The van der Waals surface area contributed by atoms with Crippen LogP contribution in [0.2, 0.25) is 5.02 Å². The molecule has 126 valence electrons. The van der Waals surface area contributed by atoms with Gasteiger partial charge in [-0.05, 0) is 42.8 Å². The Hall–Kier alpha value is -1.76. The van der Waals surface area contributed by atoms with Crippen molar-refractivity contribution in [2.45, 2.75) is 43.0 Å². The number of rotatable bonds is 8. The Morgan fingerprint density at radius 1 is 1.17 bits per heavy atom. The van der Waals surface area contributed by atoms with Crippen molar-refractivity contribution in [1.29, 1.82) is 0 Å². The molecule has 0 saturated carbocycles. The van der Waals surface area contributed by atoms with Gasteiger partial charge in [-0.1, -0.05) is 30.3 Å². The third kappa shape index (κ3) is 4.63. The predicted octanol–water partition coefficient (Wildman–Crippen LogP) is 4.38. The maximum atomic E-state index is 5.90. The molecular weight excluding hydrogens is 344 g/mol. The van der Waals surface area contributed by atoms with Gasteiger partial charge in [0.05, 0.1) is 13.1 Å². The molecule has 0 unspecified atom stereocenters. The second-order valence-corrected chi connectivity index (χ2v) is 6.84. The van der Waals surface area contributed by atoms with Gasteiger partial charge >= 0.3 is 0 Å². The monoisotopic (exact) mass is 362 g/mol. The first-order chi connectivity index (χ1) is 11.7. The highest BCUT2D eigenvalue weighted by atomic mass is 35.5. The summed E-state index contributed by atoms with van der Waals surface area (Å²) in [6.45, 7) is 4.40. The Kier molecular flexibility index (Phi) is 5.96. The maximum absolute atomic E-state index is 5.90. The van der Waals surface area contributed by atoms with Crippen LogP contribution >= 0.6 is 23.4 Å². The standard InChI is InChI=1S/C17H19ClN4OS/c1-2-9-22-12-20-21-16(22)11-19-10-14-5-8-17(23-14)24-15-6-3-13(18)4-7-15/h3-8,12,19H,2,9-11H2,1H3. The third-order valence-electron chi connectivity index (χ3n) is 3.41. The zero-order chi connectivity index (χ0) is 16.8. The number of aryl methyl sites for hydroxylation is 1. The molecule has 0 aliphatic rings. The molecule has 0 fully saturated rings. The molecule has 0 atom stereocenters. The summed E-state index contributed by atoms with van der Waals surface area (Å²) in [5.41, 5.74) is 0. The molecule has 0 aliphatic carbocycles. The van der Waals surface area contributed by atoms with E-state index in [1.54, 1.807) is 18.1 Å². The van der Waals surface area contributed by atoms with Crippen LogP contribution in [-0.2, 0) is 19.6 Å². The van der Waals surface area contributed by atoms with Crippen LogP contribution in [0.5, 0.6) is 0 Å². The van der Waals surface area contributed by atoms with E-state index < -0.39 is 0 Å². The summed E-state index contributed by atoms with van der Waals surface area (Å²) in [6, 6.07) is 11.7. The topological polar surface area (TPSA) is 55.9 Å². The van der Waals surface area contributed by atoms with Crippen molar-refractivity contribution in [3.8, 4) is 0 Å².